The van der Waals surface area contributed by atoms with Gasteiger partial charge >= 0.3 is 12.0 Å². The molecule has 29 heavy (non-hydrogen) atoms. The minimum Gasteiger partial charge on any atom is -0.475 e. The topological polar surface area (TPSA) is 130 Å². The fourth-order valence-corrected chi connectivity index (χ4v) is 3.66. The smallest absolute Gasteiger partial charge is 0.374 e. The summed E-state index contributed by atoms with van der Waals surface area (Å²) in [6, 6.07) is 4.03. The zero-order valence-electron chi connectivity index (χ0n) is 15.8. The molecule has 1 saturated carbocycles. The first-order valence-electron chi connectivity index (χ1n) is 9.83. The van der Waals surface area contributed by atoms with E-state index in [0.29, 0.717) is 37.5 Å². The number of carboxylic acids is 1. The lowest BCUT2D eigenvalue weighted by atomic mass is 9.92. The van der Waals surface area contributed by atoms with Crippen molar-refractivity contribution in [3.05, 3.63) is 29.8 Å². The van der Waals surface area contributed by atoms with Crippen LogP contribution in [-0.4, -0.2) is 60.9 Å². The molecule has 0 radical (unpaired) electrons. The number of ether oxygens (including phenoxy) is 1. The van der Waals surface area contributed by atoms with Crippen LogP contribution in [0.4, 0.5) is 5.95 Å². The molecule has 1 aliphatic heterocycles. The quantitative estimate of drug-likeness (QED) is 0.643. The van der Waals surface area contributed by atoms with Gasteiger partial charge in [-0.15, -0.1) is 0 Å². The summed E-state index contributed by atoms with van der Waals surface area (Å²) in [4.78, 5) is 30.1. The SMILES string of the molecule is O=C(O)c1nc(OCC2CC2)nc(N2CCC(c3n[nH]c4ncccc34)CC2)n1. The van der Waals surface area contributed by atoms with E-state index in [-0.39, 0.29) is 11.8 Å². The van der Waals surface area contributed by atoms with Crippen LogP contribution in [0.2, 0.25) is 0 Å². The van der Waals surface area contributed by atoms with Crippen molar-refractivity contribution in [2.45, 2.75) is 31.6 Å². The Hall–Kier alpha value is -3.30. The van der Waals surface area contributed by atoms with Crippen LogP contribution in [0.3, 0.4) is 0 Å². The largest absolute Gasteiger partial charge is 0.475 e. The van der Waals surface area contributed by atoms with Crippen molar-refractivity contribution in [1.29, 1.82) is 0 Å². The van der Waals surface area contributed by atoms with Gasteiger partial charge in [0.15, 0.2) is 5.65 Å². The Morgan fingerprint density at radius 2 is 2.03 bits per heavy atom. The van der Waals surface area contributed by atoms with Gasteiger partial charge in [0.2, 0.25) is 11.8 Å². The molecule has 2 aliphatic rings. The third kappa shape index (κ3) is 3.69. The van der Waals surface area contributed by atoms with E-state index in [1.54, 1.807) is 6.20 Å². The number of hydrogen-bond donors (Lipinski definition) is 2. The fourth-order valence-electron chi connectivity index (χ4n) is 3.66. The fraction of sp³-hybridized carbons (Fsp3) is 0.474. The summed E-state index contributed by atoms with van der Waals surface area (Å²) in [6.45, 7) is 1.92. The Balaban J connectivity index is 1.32. The average Bonchev–Trinajstić information content (AvgIpc) is 3.49. The third-order valence-electron chi connectivity index (χ3n) is 5.47. The van der Waals surface area contributed by atoms with E-state index < -0.39 is 5.97 Å². The summed E-state index contributed by atoms with van der Waals surface area (Å²) < 4.78 is 5.61. The van der Waals surface area contributed by atoms with Crippen LogP contribution < -0.4 is 9.64 Å². The zero-order valence-corrected chi connectivity index (χ0v) is 15.8. The third-order valence-corrected chi connectivity index (χ3v) is 5.47. The lowest BCUT2D eigenvalue weighted by molar-refractivity contribution is 0.0681. The van der Waals surface area contributed by atoms with Crippen LogP contribution in [0.5, 0.6) is 6.01 Å². The maximum atomic E-state index is 11.4. The van der Waals surface area contributed by atoms with Gasteiger partial charge in [-0.05, 0) is 43.7 Å². The number of pyridine rings is 1. The monoisotopic (exact) mass is 395 g/mol. The summed E-state index contributed by atoms with van der Waals surface area (Å²) in [5, 5.41) is 17.9. The summed E-state index contributed by atoms with van der Waals surface area (Å²) >= 11 is 0. The van der Waals surface area contributed by atoms with E-state index in [1.165, 1.54) is 0 Å². The van der Waals surface area contributed by atoms with Gasteiger partial charge in [0.25, 0.3) is 0 Å². The van der Waals surface area contributed by atoms with Gasteiger partial charge < -0.3 is 14.7 Å². The minimum absolute atomic E-state index is 0.0887. The number of nitrogens with zero attached hydrogens (tertiary/aromatic N) is 6. The van der Waals surface area contributed by atoms with E-state index in [0.717, 1.165) is 42.4 Å². The van der Waals surface area contributed by atoms with E-state index in [2.05, 4.69) is 30.1 Å². The van der Waals surface area contributed by atoms with Crippen molar-refractivity contribution in [3.63, 3.8) is 0 Å². The molecule has 10 heteroatoms. The van der Waals surface area contributed by atoms with Crippen LogP contribution in [-0.2, 0) is 0 Å². The highest BCUT2D eigenvalue weighted by Gasteiger charge is 2.28. The van der Waals surface area contributed by atoms with Crippen LogP contribution in [0, 0.1) is 5.92 Å². The van der Waals surface area contributed by atoms with E-state index in [4.69, 9.17) is 4.74 Å². The molecule has 0 bridgehead atoms. The first-order valence-corrected chi connectivity index (χ1v) is 9.83. The lowest BCUT2D eigenvalue weighted by Gasteiger charge is -2.31. The Kier molecular flexibility index (Phi) is 4.45. The molecule has 0 unspecified atom stereocenters. The summed E-state index contributed by atoms with van der Waals surface area (Å²) in [7, 11) is 0. The van der Waals surface area contributed by atoms with Gasteiger partial charge in [0.05, 0.1) is 12.3 Å². The molecule has 1 aliphatic carbocycles. The second-order valence-corrected chi connectivity index (χ2v) is 7.57. The number of fused-ring (bicyclic) bond motifs is 1. The molecular weight excluding hydrogens is 374 g/mol. The lowest BCUT2D eigenvalue weighted by Crippen LogP contribution is -2.35. The molecule has 0 aromatic carbocycles. The van der Waals surface area contributed by atoms with Crippen molar-refractivity contribution in [1.82, 2.24) is 30.1 Å². The van der Waals surface area contributed by atoms with Crippen LogP contribution in [0.1, 0.15) is 47.9 Å². The second kappa shape index (κ2) is 7.26. The number of nitrogens with one attached hydrogen (secondary N) is 1. The Labute approximate surface area is 166 Å². The van der Waals surface area contributed by atoms with Crippen molar-refractivity contribution in [2.75, 3.05) is 24.6 Å². The van der Waals surface area contributed by atoms with Gasteiger partial charge in [-0.2, -0.15) is 20.1 Å². The normalized spacial score (nSPS) is 17.6. The minimum atomic E-state index is -1.18. The molecule has 1 saturated heterocycles. The number of aromatic nitrogens is 6. The van der Waals surface area contributed by atoms with Crippen molar-refractivity contribution in [3.8, 4) is 6.01 Å². The molecule has 0 atom stereocenters. The van der Waals surface area contributed by atoms with Crippen molar-refractivity contribution < 1.29 is 14.6 Å². The molecular formula is C19H21N7O3. The molecule has 2 N–H and O–H groups in total. The highest BCUT2D eigenvalue weighted by atomic mass is 16.5. The molecule has 0 amide bonds. The van der Waals surface area contributed by atoms with E-state index in [9.17, 15) is 9.90 Å². The molecule has 3 aromatic rings. The molecule has 5 rings (SSSR count). The zero-order chi connectivity index (χ0) is 19.8. The number of carboxylic acid groups (broad SMARTS) is 1. The molecule has 4 heterocycles. The van der Waals surface area contributed by atoms with Gasteiger partial charge in [0.1, 0.15) is 0 Å². The number of aromatic amines is 1. The second-order valence-electron chi connectivity index (χ2n) is 7.57. The highest BCUT2D eigenvalue weighted by molar-refractivity contribution is 5.83. The van der Waals surface area contributed by atoms with Crippen LogP contribution in [0.25, 0.3) is 11.0 Å². The van der Waals surface area contributed by atoms with Crippen LogP contribution in [0.15, 0.2) is 18.3 Å². The van der Waals surface area contributed by atoms with E-state index >= 15 is 0 Å². The summed E-state index contributed by atoms with van der Waals surface area (Å²) in [5.74, 6) is -0.286. The number of rotatable bonds is 6. The first kappa shape index (κ1) is 17.8. The van der Waals surface area contributed by atoms with Crippen LogP contribution >= 0.6 is 0 Å². The number of aromatic carboxylic acids is 1. The summed E-state index contributed by atoms with van der Waals surface area (Å²) in [5.41, 5.74) is 1.83. The van der Waals surface area contributed by atoms with Gasteiger partial charge in [-0.3, -0.25) is 5.10 Å². The summed E-state index contributed by atoms with van der Waals surface area (Å²) in [6.07, 6.45) is 5.74. The first-order chi connectivity index (χ1) is 14.2. The number of piperidine rings is 1. The molecule has 10 nitrogen and oxygen atoms in total. The number of carbonyl (C=O) groups is 1. The molecule has 150 valence electrons. The molecule has 3 aromatic heterocycles. The Bertz CT molecular complexity index is 1040. The Morgan fingerprint density at radius 3 is 2.79 bits per heavy atom. The van der Waals surface area contributed by atoms with Crippen molar-refractivity contribution in [2.24, 2.45) is 5.92 Å². The maximum Gasteiger partial charge on any atom is 0.374 e. The van der Waals surface area contributed by atoms with Crippen molar-refractivity contribution >= 4 is 23.0 Å². The number of H-pyrrole nitrogens is 1. The highest BCUT2D eigenvalue weighted by Crippen LogP contribution is 2.32. The molecule has 0 spiro atoms. The van der Waals surface area contributed by atoms with Gasteiger partial charge in [-0.25, -0.2) is 9.78 Å². The Morgan fingerprint density at radius 1 is 1.21 bits per heavy atom. The van der Waals surface area contributed by atoms with Gasteiger partial charge in [0, 0.05) is 30.6 Å². The predicted octanol–water partition coefficient (Wildman–Crippen LogP) is 2.01. The average molecular weight is 395 g/mol. The van der Waals surface area contributed by atoms with Gasteiger partial charge in [-0.1, -0.05) is 0 Å². The standard InChI is InChI=1S/C19H21N7O3/c27-17(28)16-21-18(23-19(22-16)29-10-11-3-4-11)26-8-5-12(6-9-26)14-13-2-1-7-20-15(13)25-24-14/h1-2,7,11-12H,3-6,8-10H2,(H,27,28)(H,20,24,25). The number of anilines is 1. The predicted molar refractivity (Wildman–Crippen MR) is 103 cm³/mol. The van der Waals surface area contributed by atoms with E-state index in [1.807, 2.05) is 17.0 Å². The maximum absolute atomic E-state index is 11.4. The number of hydrogen-bond acceptors (Lipinski definition) is 8. The molecule has 2 fully saturated rings.